The van der Waals surface area contributed by atoms with Gasteiger partial charge in [0.25, 0.3) is 10.2 Å². The zero-order valence-electron chi connectivity index (χ0n) is 10.0. The van der Waals surface area contributed by atoms with E-state index >= 15 is 0 Å². The molecule has 1 atom stereocenters. The first kappa shape index (κ1) is 14.8. The van der Waals surface area contributed by atoms with E-state index in [0.717, 1.165) is 0 Å². The van der Waals surface area contributed by atoms with Crippen molar-refractivity contribution in [2.24, 2.45) is 17.6 Å². The molecule has 0 heterocycles. The summed E-state index contributed by atoms with van der Waals surface area (Å²) in [6.45, 7) is 7.25. The summed E-state index contributed by atoms with van der Waals surface area (Å²) >= 11 is 0. The molecule has 0 radical (unpaired) electrons. The number of nitrogens with two attached hydrogens (primary N) is 1. The second kappa shape index (κ2) is 6.42. The number of nitrogens with zero attached hydrogens (tertiary/aromatic N) is 1. The Balaban J connectivity index is 4.20. The van der Waals surface area contributed by atoms with Gasteiger partial charge in [-0.1, -0.05) is 20.8 Å². The second-order valence-corrected chi connectivity index (χ2v) is 6.23. The van der Waals surface area contributed by atoms with E-state index in [9.17, 15) is 8.42 Å². The third-order valence-electron chi connectivity index (χ3n) is 2.06. The zero-order valence-corrected chi connectivity index (χ0v) is 10.8. The highest BCUT2D eigenvalue weighted by molar-refractivity contribution is 7.87. The van der Waals surface area contributed by atoms with Crippen molar-refractivity contribution in [1.29, 1.82) is 0 Å². The van der Waals surface area contributed by atoms with Crippen LogP contribution in [0.1, 0.15) is 20.8 Å². The summed E-state index contributed by atoms with van der Waals surface area (Å²) in [4.78, 5) is 0. The quantitative estimate of drug-likeness (QED) is 0.654. The van der Waals surface area contributed by atoms with Gasteiger partial charge in [0.1, 0.15) is 0 Å². The van der Waals surface area contributed by atoms with E-state index in [1.165, 1.54) is 4.31 Å². The average Bonchev–Trinajstić information content (AvgIpc) is 2.14. The van der Waals surface area contributed by atoms with E-state index in [0.29, 0.717) is 25.6 Å². The van der Waals surface area contributed by atoms with Gasteiger partial charge in [-0.15, -0.1) is 0 Å². The number of nitrogens with one attached hydrogen (secondary N) is 1. The lowest BCUT2D eigenvalue weighted by Gasteiger charge is -2.21. The molecule has 0 aromatic rings. The molecular weight excluding hydrogens is 214 g/mol. The van der Waals surface area contributed by atoms with Crippen molar-refractivity contribution in [3.63, 3.8) is 0 Å². The molecule has 0 spiro atoms. The first-order valence-electron chi connectivity index (χ1n) is 5.20. The lowest BCUT2D eigenvalue weighted by atomic mass is 10.2. The van der Waals surface area contributed by atoms with Gasteiger partial charge in [0, 0.05) is 20.1 Å². The molecular formula is C9H23N3O2S. The Kier molecular flexibility index (Phi) is 6.35. The van der Waals surface area contributed by atoms with Crippen LogP contribution in [0, 0.1) is 11.8 Å². The van der Waals surface area contributed by atoms with Crippen LogP contribution in [-0.4, -0.2) is 39.4 Å². The molecule has 0 aliphatic rings. The highest BCUT2D eigenvalue weighted by Crippen LogP contribution is 2.01. The highest BCUT2D eigenvalue weighted by atomic mass is 32.2. The van der Waals surface area contributed by atoms with Crippen LogP contribution >= 0.6 is 0 Å². The van der Waals surface area contributed by atoms with E-state index in [1.807, 2.05) is 20.8 Å². The van der Waals surface area contributed by atoms with Crippen LogP contribution in [0.2, 0.25) is 0 Å². The fourth-order valence-electron chi connectivity index (χ4n) is 0.994. The van der Waals surface area contributed by atoms with Gasteiger partial charge >= 0.3 is 0 Å². The van der Waals surface area contributed by atoms with Gasteiger partial charge in [-0.3, -0.25) is 0 Å². The monoisotopic (exact) mass is 237 g/mol. The first-order chi connectivity index (χ1) is 6.79. The zero-order chi connectivity index (χ0) is 12.1. The summed E-state index contributed by atoms with van der Waals surface area (Å²) in [7, 11) is -1.77. The Bertz CT molecular complexity index is 265. The van der Waals surface area contributed by atoms with E-state index < -0.39 is 10.2 Å². The Morgan fingerprint density at radius 2 is 1.87 bits per heavy atom. The van der Waals surface area contributed by atoms with Crippen LogP contribution in [-0.2, 0) is 10.2 Å². The maximum absolute atomic E-state index is 11.7. The number of hydrogen-bond acceptors (Lipinski definition) is 3. The minimum Gasteiger partial charge on any atom is -0.330 e. The molecule has 5 nitrogen and oxygen atoms in total. The van der Waals surface area contributed by atoms with Crippen LogP contribution in [0.15, 0.2) is 0 Å². The van der Waals surface area contributed by atoms with Gasteiger partial charge in [-0.05, 0) is 18.4 Å². The Labute approximate surface area is 93.2 Å². The minimum absolute atomic E-state index is 0.172. The molecule has 0 fully saturated rings. The second-order valence-electron chi connectivity index (χ2n) is 4.37. The predicted molar refractivity (Wildman–Crippen MR) is 62.6 cm³/mol. The fourth-order valence-corrected chi connectivity index (χ4v) is 2.21. The molecule has 0 aromatic heterocycles. The lowest BCUT2D eigenvalue weighted by molar-refractivity contribution is 0.396. The van der Waals surface area contributed by atoms with E-state index in [1.54, 1.807) is 7.05 Å². The highest BCUT2D eigenvalue weighted by Gasteiger charge is 2.18. The molecule has 3 N–H and O–H groups in total. The largest absolute Gasteiger partial charge is 0.330 e. The fraction of sp³-hybridized carbons (Fsp3) is 1.00. The molecule has 0 amide bonds. The van der Waals surface area contributed by atoms with E-state index in [2.05, 4.69) is 4.72 Å². The Hall–Kier alpha value is -0.170. The van der Waals surface area contributed by atoms with Gasteiger partial charge < -0.3 is 5.73 Å². The van der Waals surface area contributed by atoms with Crippen LogP contribution in [0.4, 0.5) is 0 Å². The van der Waals surface area contributed by atoms with Crippen LogP contribution in [0.5, 0.6) is 0 Å². The summed E-state index contributed by atoms with van der Waals surface area (Å²) in [6.07, 6.45) is 0. The molecule has 0 saturated carbocycles. The van der Waals surface area contributed by atoms with Crippen molar-refractivity contribution < 1.29 is 8.42 Å². The van der Waals surface area contributed by atoms with Crippen molar-refractivity contribution in [3.05, 3.63) is 0 Å². The van der Waals surface area contributed by atoms with Crippen molar-refractivity contribution in [2.75, 3.05) is 26.7 Å². The van der Waals surface area contributed by atoms with E-state index in [4.69, 9.17) is 5.73 Å². The number of rotatable bonds is 7. The van der Waals surface area contributed by atoms with Crippen molar-refractivity contribution >= 4 is 10.2 Å². The van der Waals surface area contributed by atoms with Crippen molar-refractivity contribution in [1.82, 2.24) is 9.03 Å². The average molecular weight is 237 g/mol. The molecule has 6 heteroatoms. The van der Waals surface area contributed by atoms with Gasteiger partial charge in [-0.2, -0.15) is 12.7 Å². The first-order valence-corrected chi connectivity index (χ1v) is 6.64. The van der Waals surface area contributed by atoms with Crippen molar-refractivity contribution in [2.45, 2.75) is 20.8 Å². The van der Waals surface area contributed by atoms with Gasteiger partial charge in [0.2, 0.25) is 0 Å². The summed E-state index contributed by atoms with van der Waals surface area (Å²) in [5, 5.41) is 0. The van der Waals surface area contributed by atoms with Gasteiger partial charge in [0.05, 0.1) is 0 Å². The molecule has 0 aromatic carbocycles. The van der Waals surface area contributed by atoms with Crippen LogP contribution < -0.4 is 10.5 Å². The molecule has 15 heavy (non-hydrogen) atoms. The standard InChI is InChI=1S/C9H23N3O2S/c1-8(2)6-11-15(13,14)12(4)7-9(3)5-10/h8-9,11H,5-7,10H2,1-4H3. The third-order valence-corrected chi connectivity index (χ3v) is 3.56. The molecule has 0 saturated heterocycles. The molecule has 0 aliphatic heterocycles. The summed E-state index contributed by atoms with van der Waals surface area (Å²) in [5.74, 6) is 0.478. The summed E-state index contributed by atoms with van der Waals surface area (Å²) < 4.78 is 27.2. The summed E-state index contributed by atoms with van der Waals surface area (Å²) in [5.41, 5.74) is 5.44. The molecule has 0 rings (SSSR count). The predicted octanol–water partition coefficient (Wildman–Crippen LogP) is 0.00340. The SMILES string of the molecule is CC(C)CNS(=O)(=O)N(C)CC(C)CN. The lowest BCUT2D eigenvalue weighted by Crippen LogP contribution is -2.42. The molecule has 0 aliphatic carbocycles. The smallest absolute Gasteiger partial charge is 0.279 e. The Morgan fingerprint density at radius 3 is 2.27 bits per heavy atom. The normalized spacial score (nSPS) is 14.9. The molecule has 0 bridgehead atoms. The van der Waals surface area contributed by atoms with Crippen LogP contribution in [0.3, 0.4) is 0 Å². The third kappa shape index (κ3) is 6.09. The minimum atomic E-state index is -3.33. The number of hydrogen-bond donors (Lipinski definition) is 2. The van der Waals surface area contributed by atoms with Crippen molar-refractivity contribution in [3.8, 4) is 0 Å². The maximum atomic E-state index is 11.7. The van der Waals surface area contributed by atoms with Gasteiger partial charge in [0.15, 0.2) is 0 Å². The molecule has 1 unspecified atom stereocenters. The summed E-state index contributed by atoms with van der Waals surface area (Å²) in [6, 6.07) is 0. The van der Waals surface area contributed by atoms with E-state index in [-0.39, 0.29) is 5.92 Å². The van der Waals surface area contributed by atoms with Crippen LogP contribution in [0.25, 0.3) is 0 Å². The van der Waals surface area contributed by atoms with Gasteiger partial charge in [-0.25, -0.2) is 4.72 Å². The Morgan fingerprint density at radius 1 is 1.33 bits per heavy atom. The maximum Gasteiger partial charge on any atom is 0.279 e. The molecule has 92 valence electrons. The topological polar surface area (TPSA) is 75.4 Å².